The number of aromatic amines is 1. The number of alkyl halides is 1. The molecule has 2 N–H and O–H groups in total. The Morgan fingerprint density at radius 1 is 0.882 bits per heavy atom. The minimum Gasteiger partial charge on any atom is -0.508 e. The zero-order chi connectivity index (χ0) is 12.5. The van der Waals surface area contributed by atoms with Crippen molar-refractivity contribution in [3.63, 3.8) is 0 Å². The second-order valence-electron chi connectivity index (χ2n) is 2.97. The first-order valence-corrected chi connectivity index (χ1v) is 7.05. The first kappa shape index (κ1) is 13.6. The molecule has 4 nitrogen and oxygen atoms in total. The third-order valence-electron chi connectivity index (χ3n) is 1.83. The number of phenolic OH excluding ortho intramolecular Hbond substituents is 1. The number of benzene rings is 1. The number of aromatic nitrogens is 1. The van der Waals surface area contributed by atoms with Crippen LogP contribution in [-0.4, -0.2) is 10.0 Å². The summed E-state index contributed by atoms with van der Waals surface area (Å²) in [5.74, 6) is 0.225. The molecule has 0 aliphatic carbocycles. The van der Waals surface area contributed by atoms with E-state index in [0.717, 1.165) is 5.69 Å². The van der Waals surface area contributed by atoms with Crippen LogP contribution in [0.2, 0.25) is 0 Å². The van der Waals surface area contributed by atoms with Crippen molar-refractivity contribution in [2.24, 2.45) is 10.2 Å². The summed E-state index contributed by atoms with van der Waals surface area (Å²) in [5, 5.41) is 17.1. The summed E-state index contributed by atoms with van der Waals surface area (Å²) in [5.41, 5.74) is 1.49. The SMILES string of the molecule is CI.Oc1ccc(N=Nc2cc[nH+]cc2)cc1. The number of nitrogens with zero attached hydrogens (tertiary/aromatic N) is 2. The first-order valence-electron chi connectivity index (χ1n) is 4.89. The van der Waals surface area contributed by atoms with Crippen molar-refractivity contribution >= 4 is 34.0 Å². The minimum absolute atomic E-state index is 0.225. The lowest BCUT2D eigenvalue weighted by atomic mass is 10.3. The van der Waals surface area contributed by atoms with Crippen LogP contribution in [0, 0.1) is 0 Å². The number of H-pyrrole nitrogens is 1. The molecular weight excluding hydrogens is 329 g/mol. The molecule has 1 aromatic heterocycles. The monoisotopic (exact) mass is 342 g/mol. The van der Waals surface area contributed by atoms with Crippen molar-refractivity contribution in [2.75, 3.05) is 4.93 Å². The Bertz CT molecular complexity index is 457. The Morgan fingerprint density at radius 2 is 1.35 bits per heavy atom. The number of phenols is 1. The summed E-state index contributed by atoms with van der Waals surface area (Å²) in [7, 11) is 0. The lowest BCUT2D eigenvalue weighted by Gasteiger charge is -1.92. The van der Waals surface area contributed by atoms with Crippen molar-refractivity contribution in [3.05, 3.63) is 48.8 Å². The number of nitrogens with one attached hydrogen (secondary N) is 1. The van der Waals surface area contributed by atoms with E-state index in [1.807, 2.05) is 17.1 Å². The van der Waals surface area contributed by atoms with Crippen LogP contribution in [0.25, 0.3) is 0 Å². The van der Waals surface area contributed by atoms with Gasteiger partial charge in [-0.2, -0.15) is 10.2 Å². The van der Waals surface area contributed by atoms with Crippen LogP contribution in [0.5, 0.6) is 5.75 Å². The molecule has 0 saturated carbocycles. The van der Waals surface area contributed by atoms with Gasteiger partial charge in [-0.15, -0.1) is 0 Å². The number of hydrogen-bond donors (Lipinski definition) is 1. The molecule has 1 heterocycles. The topological polar surface area (TPSA) is 59.1 Å². The molecular formula is C12H13IN3O+. The van der Waals surface area contributed by atoms with E-state index in [4.69, 9.17) is 5.11 Å². The van der Waals surface area contributed by atoms with E-state index >= 15 is 0 Å². The van der Waals surface area contributed by atoms with E-state index in [0.29, 0.717) is 5.69 Å². The van der Waals surface area contributed by atoms with Gasteiger partial charge in [0.1, 0.15) is 5.75 Å². The van der Waals surface area contributed by atoms with Gasteiger partial charge in [0.15, 0.2) is 12.4 Å². The van der Waals surface area contributed by atoms with Crippen molar-refractivity contribution in [1.29, 1.82) is 0 Å². The summed E-state index contributed by atoms with van der Waals surface area (Å²) in [6.45, 7) is 0. The van der Waals surface area contributed by atoms with E-state index in [9.17, 15) is 0 Å². The number of rotatable bonds is 2. The molecule has 2 rings (SSSR count). The molecule has 88 valence electrons. The molecule has 0 amide bonds. The number of halogens is 1. The van der Waals surface area contributed by atoms with Crippen LogP contribution in [-0.2, 0) is 0 Å². The average Bonchev–Trinajstić information content (AvgIpc) is 2.42. The Morgan fingerprint density at radius 3 is 1.88 bits per heavy atom. The highest BCUT2D eigenvalue weighted by molar-refractivity contribution is 14.1. The molecule has 0 atom stereocenters. The molecule has 0 spiro atoms. The highest BCUT2D eigenvalue weighted by atomic mass is 127. The van der Waals surface area contributed by atoms with Crippen LogP contribution in [0.1, 0.15) is 0 Å². The van der Waals surface area contributed by atoms with Crippen LogP contribution in [0.4, 0.5) is 11.4 Å². The smallest absolute Gasteiger partial charge is 0.169 e. The summed E-state index contributed by atoms with van der Waals surface area (Å²) in [6, 6.07) is 10.2. The van der Waals surface area contributed by atoms with Gasteiger partial charge < -0.3 is 5.11 Å². The van der Waals surface area contributed by atoms with E-state index in [-0.39, 0.29) is 5.75 Å². The maximum Gasteiger partial charge on any atom is 0.169 e. The number of hydrogen-bond acceptors (Lipinski definition) is 3. The molecule has 0 bridgehead atoms. The fourth-order valence-corrected chi connectivity index (χ4v) is 1.08. The maximum atomic E-state index is 9.07. The molecule has 0 unspecified atom stereocenters. The van der Waals surface area contributed by atoms with Crippen molar-refractivity contribution in [3.8, 4) is 5.75 Å². The summed E-state index contributed by atoms with van der Waals surface area (Å²) >= 11 is 2.15. The van der Waals surface area contributed by atoms with Gasteiger partial charge in [-0.3, -0.25) is 0 Å². The molecule has 0 radical (unpaired) electrons. The summed E-state index contributed by atoms with van der Waals surface area (Å²) < 4.78 is 0. The Labute approximate surface area is 114 Å². The van der Waals surface area contributed by atoms with Crippen molar-refractivity contribution in [2.45, 2.75) is 0 Å². The van der Waals surface area contributed by atoms with Gasteiger partial charge in [-0.25, -0.2) is 4.98 Å². The first-order chi connectivity index (χ1) is 8.34. The second-order valence-corrected chi connectivity index (χ2v) is 2.97. The van der Waals surface area contributed by atoms with Gasteiger partial charge in [0.25, 0.3) is 0 Å². The zero-order valence-electron chi connectivity index (χ0n) is 9.34. The normalized spacial score (nSPS) is 9.76. The van der Waals surface area contributed by atoms with Gasteiger partial charge in [0.2, 0.25) is 0 Å². The predicted octanol–water partition coefficient (Wildman–Crippen LogP) is 3.67. The molecule has 5 heteroatoms. The summed E-state index contributed by atoms with van der Waals surface area (Å²) in [4.78, 5) is 4.87. The lowest BCUT2D eigenvalue weighted by Crippen LogP contribution is -1.94. The van der Waals surface area contributed by atoms with Gasteiger partial charge in [0.05, 0.1) is 11.4 Å². The standard InChI is InChI=1S/C11H9N3O.CH3I/c15-11-3-1-9(2-4-11)13-14-10-5-7-12-8-6-10;1-2/h1-8,15H;1H3/p+1. The fraction of sp³-hybridized carbons (Fsp3) is 0.0833. The van der Waals surface area contributed by atoms with Crippen LogP contribution in [0.15, 0.2) is 59.0 Å². The molecule has 0 aliphatic rings. The molecule has 2 aromatic rings. The van der Waals surface area contributed by atoms with Crippen molar-refractivity contribution < 1.29 is 10.1 Å². The lowest BCUT2D eigenvalue weighted by molar-refractivity contribution is -0.377. The highest BCUT2D eigenvalue weighted by Crippen LogP contribution is 2.19. The van der Waals surface area contributed by atoms with E-state index in [1.54, 1.807) is 36.7 Å². The second kappa shape index (κ2) is 7.72. The van der Waals surface area contributed by atoms with Gasteiger partial charge in [-0.1, -0.05) is 22.6 Å². The Kier molecular flexibility index (Phi) is 6.16. The third kappa shape index (κ3) is 4.90. The Hall–Kier alpha value is -1.50. The minimum atomic E-state index is 0.225. The van der Waals surface area contributed by atoms with Crippen LogP contribution < -0.4 is 4.98 Å². The predicted molar refractivity (Wildman–Crippen MR) is 75.2 cm³/mol. The van der Waals surface area contributed by atoms with Crippen LogP contribution >= 0.6 is 22.6 Å². The average molecular weight is 342 g/mol. The quantitative estimate of drug-likeness (QED) is 0.505. The van der Waals surface area contributed by atoms with Gasteiger partial charge >= 0.3 is 0 Å². The maximum absolute atomic E-state index is 9.07. The van der Waals surface area contributed by atoms with Crippen molar-refractivity contribution in [1.82, 2.24) is 0 Å². The molecule has 0 aliphatic heterocycles. The van der Waals surface area contributed by atoms with E-state index < -0.39 is 0 Å². The molecule has 17 heavy (non-hydrogen) atoms. The zero-order valence-corrected chi connectivity index (χ0v) is 11.5. The number of azo groups is 1. The molecule has 1 aromatic carbocycles. The van der Waals surface area contributed by atoms with Gasteiger partial charge in [0, 0.05) is 12.1 Å². The van der Waals surface area contributed by atoms with Gasteiger partial charge in [-0.05, 0) is 29.2 Å². The third-order valence-corrected chi connectivity index (χ3v) is 1.83. The molecule has 0 saturated heterocycles. The fourth-order valence-electron chi connectivity index (χ4n) is 1.08. The number of pyridine rings is 1. The van der Waals surface area contributed by atoms with E-state index in [1.165, 1.54) is 0 Å². The molecule has 0 fully saturated rings. The van der Waals surface area contributed by atoms with Crippen LogP contribution in [0.3, 0.4) is 0 Å². The van der Waals surface area contributed by atoms with E-state index in [2.05, 4.69) is 37.8 Å². The number of aromatic hydroxyl groups is 1. The highest BCUT2D eigenvalue weighted by Gasteiger charge is 1.91. The largest absolute Gasteiger partial charge is 0.508 e. The summed E-state index contributed by atoms with van der Waals surface area (Å²) in [6.07, 6.45) is 3.57. The Balaban J connectivity index is 0.000000686.